The van der Waals surface area contributed by atoms with Crippen LogP contribution >= 0.6 is 0 Å². The normalized spacial score (nSPS) is 13.0. The van der Waals surface area contributed by atoms with E-state index >= 15 is 0 Å². The molecule has 0 aliphatic rings. The molecule has 1 aromatic rings. The van der Waals surface area contributed by atoms with Crippen molar-refractivity contribution >= 4 is 6.09 Å². The van der Waals surface area contributed by atoms with E-state index in [-0.39, 0.29) is 5.56 Å². The van der Waals surface area contributed by atoms with Crippen LogP contribution in [0.1, 0.15) is 32.4 Å². The zero-order valence-electron chi connectivity index (χ0n) is 12.5. The average Bonchev–Trinajstić information content (AvgIpc) is 2.35. The number of alkyl carbamates (subject to hydrolysis) is 1. The Balaban J connectivity index is 2.90. The molecule has 0 saturated carbocycles. The third kappa shape index (κ3) is 6.42. The number of halogens is 4. The number of hydrogen-bond donors (Lipinski definition) is 1. The number of nitrogens with one attached hydrogen (secondary N) is 1. The lowest BCUT2D eigenvalue weighted by atomic mass is 10.1. The summed E-state index contributed by atoms with van der Waals surface area (Å²) in [6, 6.07) is 2.83. The number of carbonyl (C=O) groups is 1. The van der Waals surface area contributed by atoms with Crippen molar-refractivity contribution in [3.8, 4) is 11.8 Å². The second kappa shape index (κ2) is 6.73. The molecule has 0 aliphatic heterocycles. The molecule has 0 heterocycles. The highest BCUT2D eigenvalue weighted by molar-refractivity contribution is 5.69. The van der Waals surface area contributed by atoms with Gasteiger partial charge in [0.05, 0.1) is 6.07 Å². The third-order valence-corrected chi connectivity index (χ3v) is 2.31. The van der Waals surface area contributed by atoms with E-state index in [0.29, 0.717) is 6.07 Å². The van der Waals surface area contributed by atoms with Crippen molar-refractivity contribution in [2.24, 2.45) is 0 Å². The van der Waals surface area contributed by atoms with Gasteiger partial charge in [0.15, 0.2) is 11.6 Å². The minimum atomic E-state index is -5.04. The van der Waals surface area contributed by atoms with Gasteiger partial charge in [0, 0.05) is 0 Å². The number of carbonyl (C=O) groups excluding carboxylic acids is 1. The minimum Gasteiger partial charge on any atom is -0.444 e. The lowest BCUT2D eigenvalue weighted by Crippen LogP contribution is -2.34. The summed E-state index contributed by atoms with van der Waals surface area (Å²) in [7, 11) is 0. The fourth-order valence-corrected chi connectivity index (χ4v) is 1.52. The molecule has 0 bridgehead atoms. The SMILES string of the molecule is CC(C)(C)OC(=O)NC(C#N)c1ccc(OC(F)(F)F)c(F)c1. The molecule has 23 heavy (non-hydrogen) atoms. The summed E-state index contributed by atoms with van der Waals surface area (Å²) in [5.41, 5.74) is -0.856. The molecule has 0 spiro atoms. The van der Waals surface area contributed by atoms with Gasteiger partial charge in [0.25, 0.3) is 0 Å². The van der Waals surface area contributed by atoms with Crippen LogP contribution in [-0.2, 0) is 4.74 Å². The number of nitrogens with zero attached hydrogens (tertiary/aromatic N) is 1. The van der Waals surface area contributed by atoms with Gasteiger partial charge in [-0.1, -0.05) is 6.07 Å². The maximum absolute atomic E-state index is 13.6. The molecule has 5 nitrogen and oxygen atoms in total. The van der Waals surface area contributed by atoms with Crippen molar-refractivity contribution in [3.05, 3.63) is 29.6 Å². The summed E-state index contributed by atoms with van der Waals surface area (Å²) in [4.78, 5) is 11.6. The topological polar surface area (TPSA) is 71.3 Å². The molecule has 1 rings (SSSR count). The van der Waals surface area contributed by atoms with Gasteiger partial charge in [0.2, 0.25) is 0 Å². The standard InChI is InChI=1S/C14H14F4N2O3/c1-13(2,3)23-12(21)20-10(7-19)8-4-5-11(9(15)6-8)22-14(16,17)18/h4-6,10H,1-3H3,(H,20,21). The molecule has 0 aromatic heterocycles. The monoisotopic (exact) mass is 334 g/mol. The van der Waals surface area contributed by atoms with Crippen molar-refractivity contribution in [1.29, 1.82) is 5.26 Å². The van der Waals surface area contributed by atoms with E-state index in [0.717, 1.165) is 12.1 Å². The molecule has 126 valence electrons. The summed E-state index contributed by atoms with van der Waals surface area (Å²) in [5.74, 6) is -2.35. The average molecular weight is 334 g/mol. The van der Waals surface area contributed by atoms with Crippen LogP contribution in [0.4, 0.5) is 22.4 Å². The summed E-state index contributed by atoms with van der Waals surface area (Å²) < 4.78 is 58.2. The first-order chi connectivity index (χ1) is 10.4. The van der Waals surface area contributed by atoms with Crippen molar-refractivity contribution in [1.82, 2.24) is 5.32 Å². The van der Waals surface area contributed by atoms with Gasteiger partial charge in [-0.15, -0.1) is 13.2 Å². The second-order valence-electron chi connectivity index (χ2n) is 5.45. The minimum absolute atomic E-state index is 0.0506. The zero-order valence-corrected chi connectivity index (χ0v) is 12.5. The number of benzene rings is 1. The first-order valence-electron chi connectivity index (χ1n) is 6.35. The Bertz CT molecular complexity index is 618. The van der Waals surface area contributed by atoms with E-state index in [1.807, 2.05) is 0 Å². The van der Waals surface area contributed by atoms with E-state index in [1.54, 1.807) is 26.8 Å². The summed E-state index contributed by atoms with van der Waals surface area (Å²) in [5, 5.41) is 11.2. The van der Waals surface area contributed by atoms with Crippen LogP contribution in [0.3, 0.4) is 0 Å². The number of hydrogen-bond acceptors (Lipinski definition) is 4. The predicted octanol–water partition coefficient (Wildman–Crippen LogP) is 3.81. The fourth-order valence-electron chi connectivity index (χ4n) is 1.52. The molecule has 0 aliphatic carbocycles. The van der Waals surface area contributed by atoms with Gasteiger partial charge in [-0.3, -0.25) is 0 Å². The summed E-state index contributed by atoms with van der Waals surface area (Å²) >= 11 is 0. The van der Waals surface area contributed by atoms with Crippen molar-refractivity contribution in [3.63, 3.8) is 0 Å². The van der Waals surface area contributed by atoms with Gasteiger partial charge in [-0.25, -0.2) is 9.18 Å². The van der Waals surface area contributed by atoms with E-state index in [1.165, 1.54) is 0 Å². The Hall–Kier alpha value is -2.50. The molecule has 1 N–H and O–H groups in total. The molecular weight excluding hydrogens is 320 g/mol. The largest absolute Gasteiger partial charge is 0.573 e. The molecule has 9 heteroatoms. The number of amides is 1. The predicted molar refractivity (Wildman–Crippen MR) is 70.8 cm³/mol. The molecule has 0 radical (unpaired) electrons. The molecule has 1 amide bonds. The highest BCUT2D eigenvalue weighted by Crippen LogP contribution is 2.27. The maximum Gasteiger partial charge on any atom is 0.573 e. The highest BCUT2D eigenvalue weighted by Gasteiger charge is 2.32. The Morgan fingerprint density at radius 2 is 1.91 bits per heavy atom. The van der Waals surface area contributed by atoms with E-state index in [4.69, 9.17) is 10.00 Å². The summed E-state index contributed by atoms with van der Waals surface area (Å²) in [6.45, 7) is 4.82. The van der Waals surface area contributed by atoms with Crippen LogP contribution in [-0.4, -0.2) is 18.1 Å². The van der Waals surface area contributed by atoms with Crippen LogP contribution < -0.4 is 10.1 Å². The van der Waals surface area contributed by atoms with Crippen LogP contribution in [0.25, 0.3) is 0 Å². The molecule has 0 saturated heterocycles. The number of ether oxygens (including phenoxy) is 2. The number of alkyl halides is 3. The molecule has 1 atom stereocenters. The van der Waals surface area contributed by atoms with Gasteiger partial charge >= 0.3 is 12.5 Å². The molecule has 0 fully saturated rings. The third-order valence-electron chi connectivity index (χ3n) is 2.31. The van der Waals surface area contributed by atoms with Gasteiger partial charge in [0.1, 0.15) is 11.6 Å². The van der Waals surface area contributed by atoms with Crippen LogP contribution in [0, 0.1) is 17.1 Å². The van der Waals surface area contributed by atoms with Crippen molar-refractivity contribution < 1.29 is 31.8 Å². The number of nitriles is 1. The Kier molecular flexibility index (Phi) is 5.42. The number of rotatable bonds is 3. The molecule has 1 unspecified atom stereocenters. The second-order valence-corrected chi connectivity index (χ2v) is 5.45. The van der Waals surface area contributed by atoms with E-state index in [9.17, 15) is 22.4 Å². The van der Waals surface area contributed by atoms with Crippen molar-refractivity contribution in [2.45, 2.75) is 38.8 Å². The first-order valence-corrected chi connectivity index (χ1v) is 6.35. The Labute approximate surface area is 129 Å². The smallest absolute Gasteiger partial charge is 0.444 e. The Morgan fingerprint density at radius 3 is 2.35 bits per heavy atom. The zero-order chi connectivity index (χ0) is 17.8. The lowest BCUT2D eigenvalue weighted by molar-refractivity contribution is -0.275. The summed E-state index contributed by atoms with van der Waals surface area (Å²) in [6.07, 6.45) is -5.95. The fraction of sp³-hybridized carbons (Fsp3) is 0.429. The van der Waals surface area contributed by atoms with Crippen LogP contribution in [0.5, 0.6) is 5.75 Å². The lowest BCUT2D eigenvalue weighted by Gasteiger charge is -2.21. The van der Waals surface area contributed by atoms with Gasteiger partial charge < -0.3 is 14.8 Å². The van der Waals surface area contributed by atoms with Crippen molar-refractivity contribution in [2.75, 3.05) is 0 Å². The van der Waals surface area contributed by atoms with Crippen LogP contribution in [0.2, 0.25) is 0 Å². The maximum atomic E-state index is 13.6. The molecular formula is C14H14F4N2O3. The molecule has 1 aromatic carbocycles. The van der Waals surface area contributed by atoms with Gasteiger partial charge in [-0.2, -0.15) is 5.26 Å². The van der Waals surface area contributed by atoms with Gasteiger partial charge in [-0.05, 0) is 38.5 Å². The van der Waals surface area contributed by atoms with E-state index < -0.39 is 35.7 Å². The van der Waals surface area contributed by atoms with E-state index in [2.05, 4.69) is 10.1 Å². The van der Waals surface area contributed by atoms with Crippen LogP contribution in [0.15, 0.2) is 18.2 Å². The quantitative estimate of drug-likeness (QED) is 0.853. The highest BCUT2D eigenvalue weighted by atomic mass is 19.4. The Morgan fingerprint density at radius 1 is 1.30 bits per heavy atom. The first kappa shape index (κ1) is 18.5.